The number of rotatable bonds is 5. The molecule has 1 saturated heterocycles. The van der Waals surface area contributed by atoms with E-state index in [0.29, 0.717) is 28.9 Å². The van der Waals surface area contributed by atoms with Gasteiger partial charge in [-0.2, -0.15) is 10.1 Å². The molecule has 2 aromatic heterocycles. The van der Waals surface area contributed by atoms with Crippen LogP contribution in [0.3, 0.4) is 0 Å². The maximum Gasteiger partial charge on any atom is 0.258 e. The van der Waals surface area contributed by atoms with E-state index in [-0.39, 0.29) is 5.91 Å². The third-order valence-corrected chi connectivity index (χ3v) is 4.70. The summed E-state index contributed by atoms with van der Waals surface area (Å²) in [5, 5.41) is 10.7. The van der Waals surface area contributed by atoms with Gasteiger partial charge in [0.15, 0.2) is 5.82 Å². The first-order valence-electron chi connectivity index (χ1n) is 9.30. The number of nitrogens with one attached hydrogen (secondary N) is 2. The molecule has 4 rings (SSSR count). The van der Waals surface area contributed by atoms with E-state index in [1.165, 1.54) is 0 Å². The van der Waals surface area contributed by atoms with Crippen LogP contribution < -0.4 is 15.4 Å². The van der Waals surface area contributed by atoms with E-state index in [0.717, 1.165) is 31.8 Å². The zero-order chi connectivity index (χ0) is 19.3. The molecule has 28 heavy (non-hydrogen) atoms. The summed E-state index contributed by atoms with van der Waals surface area (Å²) in [6.45, 7) is 1.94. The number of amides is 1. The van der Waals surface area contributed by atoms with Crippen LogP contribution in [0.5, 0.6) is 11.5 Å². The van der Waals surface area contributed by atoms with Gasteiger partial charge in [0.05, 0.1) is 6.20 Å². The molecule has 3 aromatic rings. The van der Waals surface area contributed by atoms with Crippen LogP contribution in [0.2, 0.25) is 0 Å². The lowest BCUT2D eigenvalue weighted by molar-refractivity contribution is 0.102. The highest BCUT2D eigenvalue weighted by molar-refractivity contribution is 6.03. The second-order valence-electron chi connectivity index (χ2n) is 6.71. The van der Waals surface area contributed by atoms with Gasteiger partial charge in [-0.1, -0.05) is 0 Å². The second-order valence-corrected chi connectivity index (χ2v) is 6.71. The largest absolute Gasteiger partial charge is 0.456 e. The fourth-order valence-electron chi connectivity index (χ4n) is 3.16. The van der Waals surface area contributed by atoms with Crippen LogP contribution in [0.25, 0.3) is 0 Å². The zero-order valence-corrected chi connectivity index (χ0v) is 15.6. The van der Waals surface area contributed by atoms with Gasteiger partial charge >= 0.3 is 0 Å². The third kappa shape index (κ3) is 4.17. The molecule has 0 bridgehead atoms. The molecule has 8 heteroatoms. The van der Waals surface area contributed by atoms with E-state index in [1.54, 1.807) is 54.5 Å². The highest BCUT2D eigenvalue weighted by Gasteiger charge is 2.21. The Morgan fingerprint density at radius 3 is 2.68 bits per heavy atom. The summed E-state index contributed by atoms with van der Waals surface area (Å²) in [5.41, 5.74) is 0.518. The Hall–Kier alpha value is -3.26. The van der Waals surface area contributed by atoms with Crippen molar-refractivity contribution in [1.82, 2.24) is 25.1 Å². The molecular formula is C20H22N6O2. The average Bonchev–Trinajstić information content (AvgIpc) is 3.10. The van der Waals surface area contributed by atoms with Crippen molar-refractivity contribution in [3.63, 3.8) is 0 Å². The Balaban J connectivity index is 1.41. The third-order valence-electron chi connectivity index (χ3n) is 4.70. The van der Waals surface area contributed by atoms with Crippen LogP contribution in [-0.2, 0) is 7.05 Å². The van der Waals surface area contributed by atoms with Crippen molar-refractivity contribution < 1.29 is 9.53 Å². The van der Waals surface area contributed by atoms with Gasteiger partial charge < -0.3 is 10.1 Å². The first-order chi connectivity index (χ1) is 13.7. The molecule has 1 aromatic carbocycles. The molecule has 1 aliphatic heterocycles. The number of hydrogen-bond acceptors (Lipinski definition) is 6. The Morgan fingerprint density at radius 2 is 1.96 bits per heavy atom. The van der Waals surface area contributed by atoms with Crippen LogP contribution in [0.15, 0.2) is 48.8 Å². The number of pyridine rings is 1. The van der Waals surface area contributed by atoms with Crippen LogP contribution in [0.1, 0.15) is 34.9 Å². The van der Waals surface area contributed by atoms with Crippen LogP contribution in [0, 0.1) is 0 Å². The molecule has 0 atom stereocenters. The summed E-state index contributed by atoms with van der Waals surface area (Å²) in [6.07, 6.45) is 5.34. The summed E-state index contributed by atoms with van der Waals surface area (Å²) >= 11 is 0. The summed E-state index contributed by atoms with van der Waals surface area (Å²) in [6, 6.07) is 10.5. The minimum Gasteiger partial charge on any atom is -0.456 e. The van der Waals surface area contributed by atoms with E-state index in [4.69, 9.17) is 4.74 Å². The predicted octanol–water partition coefficient (Wildman–Crippen LogP) is 2.72. The van der Waals surface area contributed by atoms with Crippen LogP contribution >= 0.6 is 0 Å². The van der Waals surface area contributed by atoms with Gasteiger partial charge in [-0.3, -0.25) is 15.1 Å². The van der Waals surface area contributed by atoms with E-state index in [2.05, 4.69) is 25.7 Å². The fraction of sp³-hybridized carbons (Fsp3) is 0.300. The van der Waals surface area contributed by atoms with Gasteiger partial charge in [0.2, 0.25) is 5.95 Å². The fourth-order valence-corrected chi connectivity index (χ4v) is 3.16. The molecule has 2 N–H and O–H groups in total. The number of ether oxygens (including phenoxy) is 1. The Labute approximate surface area is 163 Å². The zero-order valence-electron chi connectivity index (χ0n) is 15.6. The van der Waals surface area contributed by atoms with E-state index >= 15 is 0 Å². The Kier molecular flexibility index (Phi) is 5.29. The molecule has 1 amide bonds. The number of aryl methyl sites for hydroxylation is 1. The second kappa shape index (κ2) is 8.18. The van der Waals surface area contributed by atoms with Gasteiger partial charge in [0.25, 0.3) is 5.91 Å². The highest BCUT2D eigenvalue weighted by atomic mass is 16.5. The quantitative estimate of drug-likeness (QED) is 0.709. The number of hydrogen-bond donors (Lipinski definition) is 2. The first kappa shape index (κ1) is 18.1. The molecule has 1 aliphatic rings. The summed E-state index contributed by atoms with van der Waals surface area (Å²) in [4.78, 5) is 21.1. The van der Waals surface area contributed by atoms with Crippen molar-refractivity contribution in [2.24, 2.45) is 7.05 Å². The van der Waals surface area contributed by atoms with E-state index < -0.39 is 0 Å². The smallest absolute Gasteiger partial charge is 0.258 e. The molecular weight excluding hydrogens is 356 g/mol. The van der Waals surface area contributed by atoms with Gasteiger partial charge in [-0.25, -0.2) is 4.68 Å². The lowest BCUT2D eigenvalue weighted by Gasteiger charge is -2.19. The molecule has 144 valence electrons. The standard InChI is InChI=1S/C20H22N6O2/c1-26-20(23-18(25-26)14-8-11-21-12-9-14)24-19(27)15-4-6-16(7-5-15)28-17-3-2-10-22-13-17/h2-7,10,13-14,21H,8-9,11-12H2,1H3,(H,23,24,25,27). The maximum atomic E-state index is 12.6. The van der Waals surface area contributed by atoms with Crippen molar-refractivity contribution >= 4 is 11.9 Å². The lowest BCUT2D eigenvalue weighted by atomic mass is 9.98. The molecule has 3 heterocycles. The van der Waals surface area contributed by atoms with Gasteiger partial charge in [0, 0.05) is 24.7 Å². The maximum absolute atomic E-state index is 12.6. The molecule has 0 aliphatic carbocycles. The minimum atomic E-state index is -0.236. The average molecular weight is 378 g/mol. The number of anilines is 1. The predicted molar refractivity (Wildman–Crippen MR) is 105 cm³/mol. The van der Waals surface area contributed by atoms with Gasteiger partial charge in [-0.05, 0) is 62.3 Å². The van der Waals surface area contributed by atoms with Crippen molar-refractivity contribution in [2.75, 3.05) is 18.4 Å². The number of benzene rings is 1. The molecule has 0 radical (unpaired) electrons. The van der Waals surface area contributed by atoms with Crippen LogP contribution in [0.4, 0.5) is 5.95 Å². The summed E-state index contributed by atoms with van der Waals surface area (Å²) < 4.78 is 7.32. The molecule has 0 spiro atoms. The summed E-state index contributed by atoms with van der Waals surface area (Å²) in [5.74, 6) is 2.62. The summed E-state index contributed by atoms with van der Waals surface area (Å²) in [7, 11) is 1.79. The number of nitrogens with zero attached hydrogens (tertiary/aromatic N) is 4. The topological polar surface area (TPSA) is 94.0 Å². The Bertz CT molecular complexity index is 933. The van der Waals surface area contributed by atoms with Crippen molar-refractivity contribution in [1.29, 1.82) is 0 Å². The van der Waals surface area contributed by atoms with E-state index in [1.807, 2.05) is 6.07 Å². The van der Waals surface area contributed by atoms with Crippen molar-refractivity contribution in [3.05, 3.63) is 60.2 Å². The Morgan fingerprint density at radius 1 is 1.18 bits per heavy atom. The van der Waals surface area contributed by atoms with Gasteiger partial charge in [-0.15, -0.1) is 0 Å². The van der Waals surface area contributed by atoms with Gasteiger partial charge in [0.1, 0.15) is 11.5 Å². The number of carbonyl (C=O) groups is 1. The normalized spacial score (nSPS) is 14.6. The lowest BCUT2D eigenvalue weighted by Crippen LogP contribution is -2.27. The number of piperidine rings is 1. The molecule has 0 saturated carbocycles. The monoisotopic (exact) mass is 378 g/mol. The molecule has 1 fully saturated rings. The van der Waals surface area contributed by atoms with E-state index in [9.17, 15) is 4.79 Å². The minimum absolute atomic E-state index is 0.236. The SMILES string of the molecule is Cn1nc(C2CCNCC2)nc1NC(=O)c1ccc(Oc2cccnc2)cc1. The van der Waals surface area contributed by atoms with Crippen LogP contribution in [-0.4, -0.2) is 38.7 Å². The number of aromatic nitrogens is 4. The number of carbonyl (C=O) groups excluding carboxylic acids is 1. The molecule has 0 unspecified atom stereocenters. The first-order valence-corrected chi connectivity index (χ1v) is 9.30. The van der Waals surface area contributed by atoms with Crippen molar-refractivity contribution in [2.45, 2.75) is 18.8 Å². The highest BCUT2D eigenvalue weighted by Crippen LogP contribution is 2.24. The van der Waals surface area contributed by atoms with Crippen molar-refractivity contribution in [3.8, 4) is 11.5 Å². The molecule has 8 nitrogen and oxygen atoms in total.